The molecule has 2 aromatic rings. The van der Waals surface area contributed by atoms with Crippen LogP contribution in [0.5, 0.6) is 11.5 Å². The van der Waals surface area contributed by atoms with Gasteiger partial charge in [-0.05, 0) is 12.1 Å². The van der Waals surface area contributed by atoms with Crippen molar-refractivity contribution >= 4 is 29.2 Å². The van der Waals surface area contributed by atoms with Crippen LogP contribution >= 0.6 is 23.2 Å². The van der Waals surface area contributed by atoms with Gasteiger partial charge in [-0.25, -0.2) is 14.8 Å². The molecule has 0 aliphatic carbocycles. The number of benzene rings is 1. The maximum Gasteiger partial charge on any atom is 0.358 e. The molecular weight excluding hydrogens is 315 g/mol. The fourth-order valence-electron chi connectivity index (χ4n) is 1.56. The van der Waals surface area contributed by atoms with Gasteiger partial charge in [0.2, 0.25) is 0 Å². The minimum absolute atomic E-state index is 0.00640. The summed E-state index contributed by atoms with van der Waals surface area (Å²) < 4.78 is 5.49. The molecule has 5 nitrogen and oxygen atoms in total. The first-order valence-electron chi connectivity index (χ1n) is 6.11. The van der Waals surface area contributed by atoms with Crippen molar-refractivity contribution in [2.75, 3.05) is 0 Å². The molecule has 0 aliphatic rings. The topological polar surface area (TPSA) is 72.3 Å². The summed E-state index contributed by atoms with van der Waals surface area (Å²) in [6, 6.07) is 4.65. The Balaban J connectivity index is 2.44. The lowest BCUT2D eigenvalue weighted by Crippen LogP contribution is -2.08. The van der Waals surface area contributed by atoms with Gasteiger partial charge in [0, 0.05) is 17.0 Å². The SMILES string of the molecule is CC(C)c1ncc(Oc2cc(Cl)ccc2Cl)c(C(=O)O)n1. The van der Waals surface area contributed by atoms with Crippen LogP contribution in [0.3, 0.4) is 0 Å². The van der Waals surface area contributed by atoms with Crippen molar-refractivity contribution < 1.29 is 14.6 Å². The Kier molecular flexibility index (Phi) is 4.65. The van der Waals surface area contributed by atoms with E-state index >= 15 is 0 Å². The fourth-order valence-corrected chi connectivity index (χ4v) is 1.88. The zero-order valence-electron chi connectivity index (χ0n) is 11.3. The van der Waals surface area contributed by atoms with Crippen LogP contribution in [0.2, 0.25) is 10.0 Å². The predicted octanol–water partition coefficient (Wildman–Crippen LogP) is 4.40. The highest BCUT2D eigenvalue weighted by Gasteiger charge is 2.18. The van der Waals surface area contributed by atoms with E-state index in [4.69, 9.17) is 27.9 Å². The van der Waals surface area contributed by atoms with E-state index in [1.165, 1.54) is 12.3 Å². The van der Waals surface area contributed by atoms with Crippen molar-refractivity contribution in [3.8, 4) is 11.5 Å². The van der Waals surface area contributed by atoms with Gasteiger partial charge in [0.25, 0.3) is 0 Å². The largest absolute Gasteiger partial charge is 0.476 e. The molecule has 110 valence electrons. The van der Waals surface area contributed by atoms with Crippen LogP contribution in [0.1, 0.15) is 36.1 Å². The Morgan fingerprint density at radius 2 is 2.00 bits per heavy atom. The predicted molar refractivity (Wildman–Crippen MR) is 79.6 cm³/mol. The number of hydrogen-bond acceptors (Lipinski definition) is 4. The van der Waals surface area contributed by atoms with Crippen molar-refractivity contribution in [2.45, 2.75) is 19.8 Å². The van der Waals surface area contributed by atoms with E-state index in [0.717, 1.165) is 0 Å². The molecule has 21 heavy (non-hydrogen) atoms. The van der Waals surface area contributed by atoms with Crippen molar-refractivity contribution in [3.05, 3.63) is 46.0 Å². The highest BCUT2D eigenvalue weighted by atomic mass is 35.5. The molecule has 0 fully saturated rings. The summed E-state index contributed by atoms with van der Waals surface area (Å²) in [6.07, 6.45) is 1.32. The number of hydrogen-bond donors (Lipinski definition) is 1. The molecule has 2 rings (SSSR count). The summed E-state index contributed by atoms with van der Waals surface area (Å²) in [6.45, 7) is 3.74. The maximum atomic E-state index is 11.3. The monoisotopic (exact) mass is 326 g/mol. The van der Waals surface area contributed by atoms with Crippen LogP contribution in [0.15, 0.2) is 24.4 Å². The number of ether oxygens (including phenoxy) is 1. The van der Waals surface area contributed by atoms with Gasteiger partial charge in [-0.1, -0.05) is 37.0 Å². The standard InChI is InChI=1S/C14H12Cl2N2O3/c1-7(2)13-17-6-11(12(18-13)14(19)20)21-10-5-8(15)3-4-9(10)16/h3-7H,1-2H3,(H,19,20). The summed E-state index contributed by atoms with van der Waals surface area (Å²) in [5.41, 5.74) is -0.218. The lowest BCUT2D eigenvalue weighted by molar-refractivity contribution is 0.0686. The van der Waals surface area contributed by atoms with Gasteiger partial charge in [-0.3, -0.25) is 0 Å². The number of halogens is 2. The van der Waals surface area contributed by atoms with Crippen LogP contribution in [0.25, 0.3) is 0 Å². The number of carboxylic acids is 1. The van der Waals surface area contributed by atoms with Crippen molar-refractivity contribution in [1.29, 1.82) is 0 Å². The summed E-state index contributed by atoms with van der Waals surface area (Å²) in [5.74, 6) is -0.514. The van der Waals surface area contributed by atoms with E-state index in [-0.39, 0.29) is 23.1 Å². The minimum atomic E-state index is -1.20. The van der Waals surface area contributed by atoms with Crippen LogP contribution in [0.4, 0.5) is 0 Å². The summed E-state index contributed by atoms with van der Waals surface area (Å²) in [7, 11) is 0. The second kappa shape index (κ2) is 6.28. The minimum Gasteiger partial charge on any atom is -0.476 e. The third-order valence-electron chi connectivity index (χ3n) is 2.61. The molecular formula is C14H12Cl2N2O3. The Hall–Kier alpha value is -1.85. The van der Waals surface area contributed by atoms with Crippen LogP contribution < -0.4 is 4.74 Å². The maximum absolute atomic E-state index is 11.3. The molecule has 7 heteroatoms. The lowest BCUT2D eigenvalue weighted by atomic mass is 10.2. The Morgan fingerprint density at radius 1 is 1.29 bits per heavy atom. The van der Waals surface area contributed by atoms with Crippen LogP contribution in [-0.2, 0) is 0 Å². The van der Waals surface area contributed by atoms with Crippen molar-refractivity contribution in [2.24, 2.45) is 0 Å². The van der Waals surface area contributed by atoms with Gasteiger partial charge in [-0.15, -0.1) is 0 Å². The first-order valence-corrected chi connectivity index (χ1v) is 6.87. The average Bonchev–Trinajstić information content (AvgIpc) is 2.42. The van der Waals surface area contributed by atoms with E-state index in [2.05, 4.69) is 9.97 Å². The molecule has 0 saturated carbocycles. The summed E-state index contributed by atoms with van der Waals surface area (Å²) in [5, 5.41) is 9.98. The highest BCUT2D eigenvalue weighted by molar-refractivity contribution is 6.34. The Bertz CT molecular complexity index is 690. The normalized spacial score (nSPS) is 10.7. The zero-order chi connectivity index (χ0) is 15.6. The molecule has 1 heterocycles. The quantitative estimate of drug-likeness (QED) is 0.901. The van der Waals surface area contributed by atoms with Gasteiger partial charge < -0.3 is 9.84 Å². The summed E-state index contributed by atoms with van der Waals surface area (Å²) in [4.78, 5) is 19.4. The Labute approximate surface area is 131 Å². The second-order valence-electron chi connectivity index (χ2n) is 4.58. The molecule has 1 N–H and O–H groups in total. The summed E-state index contributed by atoms with van der Waals surface area (Å²) >= 11 is 11.9. The number of rotatable bonds is 4. The third kappa shape index (κ3) is 3.62. The number of nitrogens with zero attached hydrogens (tertiary/aromatic N) is 2. The first-order chi connectivity index (χ1) is 9.88. The third-order valence-corrected chi connectivity index (χ3v) is 3.15. The molecule has 0 aliphatic heterocycles. The van der Waals surface area contributed by atoms with Gasteiger partial charge in [0.1, 0.15) is 11.6 Å². The second-order valence-corrected chi connectivity index (χ2v) is 5.42. The van der Waals surface area contributed by atoms with E-state index in [1.807, 2.05) is 13.8 Å². The zero-order valence-corrected chi connectivity index (χ0v) is 12.8. The van der Waals surface area contributed by atoms with Crippen molar-refractivity contribution in [1.82, 2.24) is 9.97 Å². The van der Waals surface area contributed by atoms with E-state index in [1.54, 1.807) is 12.1 Å². The van der Waals surface area contributed by atoms with Crippen LogP contribution in [-0.4, -0.2) is 21.0 Å². The number of aromatic carboxylic acids is 1. The van der Waals surface area contributed by atoms with Gasteiger partial charge in [-0.2, -0.15) is 0 Å². The molecule has 1 aromatic carbocycles. The molecule has 0 radical (unpaired) electrons. The van der Waals surface area contributed by atoms with E-state index < -0.39 is 5.97 Å². The molecule has 0 unspecified atom stereocenters. The molecule has 1 aromatic heterocycles. The number of aromatic nitrogens is 2. The number of carbonyl (C=O) groups is 1. The number of carboxylic acid groups (broad SMARTS) is 1. The van der Waals surface area contributed by atoms with Gasteiger partial charge in [0.05, 0.1) is 11.2 Å². The molecule has 0 bridgehead atoms. The molecule has 0 spiro atoms. The van der Waals surface area contributed by atoms with Crippen molar-refractivity contribution in [3.63, 3.8) is 0 Å². The van der Waals surface area contributed by atoms with Gasteiger partial charge in [0.15, 0.2) is 11.4 Å². The average molecular weight is 327 g/mol. The molecule has 0 saturated heterocycles. The van der Waals surface area contributed by atoms with Crippen LogP contribution in [0, 0.1) is 0 Å². The molecule has 0 atom stereocenters. The van der Waals surface area contributed by atoms with E-state index in [9.17, 15) is 9.90 Å². The highest BCUT2D eigenvalue weighted by Crippen LogP contribution is 2.33. The van der Waals surface area contributed by atoms with E-state index in [0.29, 0.717) is 15.9 Å². The fraction of sp³-hybridized carbons (Fsp3) is 0.214. The Morgan fingerprint density at radius 3 is 2.62 bits per heavy atom. The smallest absolute Gasteiger partial charge is 0.358 e. The molecule has 0 amide bonds. The van der Waals surface area contributed by atoms with Gasteiger partial charge >= 0.3 is 5.97 Å². The first kappa shape index (κ1) is 15.5. The lowest BCUT2D eigenvalue weighted by Gasteiger charge is -2.11.